The van der Waals surface area contributed by atoms with Crippen LogP contribution in [0.1, 0.15) is 12.8 Å². The second-order valence-corrected chi connectivity index (χ2v) is 1.10. The summed E-state index contributed by atoms with van der Waals surface area (Å²) in [5, 5.41) is 0. The smallest absolute Gasteiger partial charge is 0.103 e. The summed E-state index contributed by atoms with van der Waals surface area (Å²) in [5.74, 6) is 0. The molecule has 0 aliphatic carbocycles. The van der Waals surface area contributed by atoms with Gasteiger partial charge in [-0.25, -0.2) is 0 Å². The normalized spacial score (nSPS) is 7.17. The zero-order valence-corrected chi connectivity index (χ0v) is 3.85. The molecule has 0 aromatic carbocycles. The van der Waals surface area contributed by atoms with Crippen LogP contribution in [0.5, 0.6) is 0 Å². The Bertz CT molecular complexity index is 36.0. The fraction of sp³-hybridized carbons (Fsp3) is 0.333. The Labute approximate surface area is 39.2 Å². The lowest BCUT2D eigenvalue weighted by atomic mass is 10.3. The highest BCUT2D eigenvalue weighted by atomic mass is 13.7. The molecule has 0 rings (SSSR count). The van der Waals surface area contributed by atoms with Crippen LogP contribution < -0.4 is 0 Å². The zero-order chi connectivity index (χ0) is 4.83. The molecule has 0 spiro atoms. The van der Waals surface area contributed by atoms with E-state index in [-0.39, 0.29) is 0 Å². The van der Waals surface area contributed by atoms with Gasteiger partial charge in [-0.2, -0.15) is 0 Å². The van der Waals surface area contributed by atoms with Gasteiger partial charge in [0.1, 0.15) is 0 Å². The van der Waals surface area contributed by atoms with Crippen molar-refractivity contribution in [2.45, 2.75) is 12.8 Å². The van der Waals surface area contributed by atoms with Crippen LogP contribution in [0.3, 0.4) is 0 Å². The van der Waals surface area contributed by atoms with Gasteiger partial charge in [0.05, 0.1) is 0 Å². The van der Waals surface area contributed by atoms with Crippen LogP contribution in [-0.4, -0.2) is 0 Å². The number of rotatable bonds is 3. The molecule has 0 fully saturated rings. The second kappa shape index (κ2) is 4.39. The van der Waals surface area contributed by atoms with E-state index in [0.717, 1.165) is 12.8 Å². The fourth-order valence-corrected chi connectivity index (χ4v) is 0.214. The van der Waals surface area contributed by atoms with Gasteiger partial charge in [-0.15, -0.1) is 6.58 Å². The SMILES string of the molecule is [CH+]=CCCC=C. The first-order valence-corrected chi connectivity index (χ1v) is 2.06. The molecule has 0 bridgehead atoms. The first-order valence-electron chi connectivity index (χ1n) is 2.06. The average molecular weight is 81.1 g/mol. The summed E-state index contributed by atoms with van der Waals surface area (Å²) in [6.45, 7) is 8.56. The van der Waals surface area contributed by atoms with Crippen LogP contribution in [0.4, 0.5) is 0 Å². The lowest BCUT2D eigenvalue weighted by Crippen LogP contribution is -1.56. The topological polar surface area (TPSA) is 0 Å². The first-order chi connectivity index (χ1) is 2.91. The predicted octanol–water partition coefficient (Wildman–Crippen LogP) is 1.94. The monoisotopic (exact) mass is 81.1 g/mol. The van der Waals surface area contributed by atoms with Crippen molar-refractivity contribution in [3.8, 4) is 0 Å². The third-order valence-electron chi connectivity index (χ3n) is 0.537. The summed E-state index contributed by atoms with van der Waals surface area (Å²) in [4.78, 5) is 0. The van der Waals surface area contributed by atoms with Gasteiger partial charge in [0.25, 0.3) is 0 Å². The minimum atomic E-state index is 0.948. The Morgan fingerprint density at radius 1 is 1.50 bits per heavy atom. The van der Waals surface area contributed by atoms with Gasteiger partial charge in [-0.05, 0) is 6.42 Å². The molecule has 0 aliphatic heterocycles. The van der Waals surface area contributed by atoms with Crippen LogP contribution in [0.25, 0.3) is 0 Å². The maximum absolute atomic E-state index is 5.04. The number of hydrogen-bond donors (Lipinski definition) is 0. The molecule has 0 unspecified atom stereocenters. The molecular weight excluding hydrogens is 72.1 g/mol. The van der Waals surface area contributed by atoms with Crippen molar-refractivity contribution in [1.82, 2.24) is 0 Å². The van der Waals surface area contributed by atoms with Crippen molar-refractivity contribution in [3.05, 3.63) is 25.3 Å². The van der Waals surface area contributed by atoms with Gasteiger partial charge < -0.3 is 0 Å². The molecule has 0 amide bonds. The largest absolute Gasteiger partial charge is 0.201 e. The van der Waals surface area contributed by atoms with Crippen molar-refractivity contribution in [3.63, 3.8) is 0 Å². The summed E-state index contributed by atoms with van der Waals surface area (Å²) in [6.07, 6.45) is 5.44. The van der Waals surface area contributed by atoms with Gasteiger partial charge in [-0.1, -0.05) is 6.08 Å². The number of hydrogen-bond acceptors (Lipinski definition) is 0. The Morgan fingerprint density at radius 2 is 2.17 bits per heavy atom. The van der Waals surface area contributed by atoms with Gasteiger partial charge in [0, 0.05) is 6.42 Å². The van der Waals surface area contributed by atoms with E-state index in [0.29, 0.717) is 0 Å². The Kier molecular flexibility index (Phi) is 3.94. The van der Waals surface area contributed by atoms with Gasteiger partial charge in [-0.3, -0.25) is 0 Å². The van der Waals surface area contributed by atoms with E-state index in [1.807, 2.05) is 6.08 Å². The summed E-state index contributed by atoms with van der Waals surface area (Å²) < 4.78 is 0. The molecule has 32 valence electrons. The minimum absolute atomic E-state index is 0.948. The quantitative estimate of drug-likeness (QED) is 0.276. The Balaban J connectivity index is 2.66. The predicted molar refractivity (Wildman–Crippen MR) is 28.3 cm³/mol. The van der Waals surface area contributed by atoms with E-state index in [1.165, 1.54) is 0 Å². The van der Waals surface area contributed by atoms with Crippen molar-refractivity contribution < 1.29 is 0 Å². The standard InChI is InChI=1S/C6H9/c1-3-5-6-4-2/h1,3-4H,2,5-6H2/q+1. The van der Waals surface area contributed by atoms with E-state index in [4.69, 9.17) is 6.58 Å². The van der Waals surface area contributed by atoms with Gasteiger partial charge in [0.2, 0.25) is 6.58 Å². The molecule has 0 heterocycles. The molecule has 0 heteroatoms. The third-order valence-corrected chi connectivity index (χ3v) is 0.537. The number of allylic oxidation sites excluding steroid dienone is 2. The Morgan fingerprint density at radius 3 is 2.33 bits per heavy atom. The molecule has 0 saturated carbocycles. The van der Waals surface area contributed by atoms with E-state index in [9.17, 15) is 0 Å². The lowest BCUT2D eigenvalue weighted by molar-refractivity contribution is 1.06. The minimum Gasteiger partial charge on any atom is -0.103 e. The molecule has 0 aromatic heterocycles. The third kappa shape index (κ3) is 3.39. The maximum atomic E-state index is 5.04. The van der Waals surface area contributed by atoms with Crippen molar-refractivity contribution >= 4 is 0 Å². The van der Waals surface area contributed by atoms with Gasteiger partial charge >= 0.3 is 0 Å². The van der Waals surface area contributed by atoms with Crippen LogP contribution in [0.2, 0.25) is 0 Å². The summed E-state index contributed by atoms with van der Waals surface area (Å²) in [5.41, 5.74) is 0. The van der Waals surface area contributed by atoms with Crippen LogP contribution in [0, 0.1) is 6.58 Å². The molecule has 0 radical (unpaired) electrons. The highest BCUT2D eigenvalue weighted by molar-refractivity contribution is 4.72. The highest BCUT2D eigenvalue weighted by Gasteiger charge is 1.73. The van der Waals surface area contributed by atoms with Crippen molar-refractivity contribution in [1.29, 1.82) is 0 Å². The average Bonchev–Trinajstić information content (AvgIpc) is 1.61. The van der Waals surface area contributed by atoms with E-state index in [2.05, 4.69) is 6.58 Å². The Hall–Kier alpha value is -0.610. The summed E-state index contributed by atoms with van der Waals surface area (Å²) >= 11 is 0. The molecule has 6 heavy (non-hydrogen) atoms. The molecule has 0 N–H and O–H groups in total. The molecule has 0 nitrogen and oxygen atoms in total. The summed E-state index contributed by atoms with van der Waals surface area (Å²) in [6, 6.07) is 0. The van der Waals surface area contributed by atoms with Crippen molar-refractivity contribution in [2.75, 3.05) is 0 Å². The molecule has 0 aromatic rings. The lowest BCUT2D eigenvalue weighted by Gasteiger charge is -1.71. The van der Waals surface area contributed by atoms with E-state index < -0.39 is 0 Å². The highest BCUT2D eigenvalue weighted by Crippen LogP contribution is 1.86. The molecule has 0 saturated heterocycles. The van der Waals surface area contributed by atoms with Crippen LogP contribution in [0.15, 0.2) is 18.7 Å². The van der Waals surface area contributed by atoms with E-state index >= 15 is 0 Å². The fourth-order valence-electron chi connectivity index (χ4n) is 0.214. The molecule has 0 atom stereocenters. The maximum Gasteiger partial charge on any atom is 0.201 e. The number of unbranched alkanes of at least 4 members (excludes halogenated alkanes) is 1. The summed E-state index contributed by atoms with van der Waals surface area (Å²) in [7, 11) is 0. The van der Waals surface area contributed by atoms with Gasteiger partial charge in [0.15, 0.2) is 6.08 Å². The second-order valence-electron chi connectivity index (χ2n) is 1.10. The van der Waals surface area contributed by atoms with Crippen LogP contribution in [-0.2, 0) is 0 Å². The van der Waals surface area contributed by atoms with Crippen molar-refractivity contribution in [2.24, 2.45) is 0 Å². The zero-order valence-electron chi connectivity index (χ0n) is 3.85. The first kappa shape index (κ1) is 5.39. The van der Waals surface area contributed by atoms with E-state index in [1.54, 1.807) is 6.08 Å². The molecule has 0 aliphatic rings. The molecular formula is C6H9+. The van der Waals surface area contributed by atoms with Crippen LogP contribution >= 0.6 is 0 Å².